The van der Waals surface area contributed by atoms with Gasteiger partial charge in [0.25, 0.3) is 0 Å². The second-order valence-electron chi connectivity index (χ2n) is 24.8. The van der Waals surface area contributed by atoms with Crippen LogP contribution in [0.3, 0.4) is 0 Å². The van der Waals surface area contributed by atoms with Crippen LogP contribution in [0.25, 0.3) is 0 Å². The molecule has 17 nitrogen and oxygen atoms in total. The number of ether oxygens (including phenoxy) is 4. The summed E-state index contributed by atoms with van der Waals surface area (Å²) in [5, 5.41) is 10.6. The fraction of sp³-hybridized carbons (Fsp3) is 0.696. The van der Waals surface area contributed by atoms with Crippen molar-refractivity contribution in [1.82, 2.24) is 0 Å². The van der Waals surface area contributed by atoms with Gasteiger partial charge in [-0.05, 0) is 109 Å². The molecule has 0 radical (unpaired) electrons. The molecule has 0 bridgehead atoms. The van der Waals surface area contributed by atoms with Gasteiger partial charge in [-0.1, -0.05) is 284 Å². The molecule has 0 heterocycles. The first-order valence-electron chi connectivity index (χ1n) is 37.8. The number of hydrogen-bond acceptors (Lipinski definition) is 15. The van der Waals surface area contributed by atoms with Crippen molar-refractivity contribution in [1.29, 1.82) is 0 Å². The molecule has 0 rings (SSSR count). The summed E-state index contributed by atoms with van der Waals surface area (Å²) in [5.41, 5.74) is 0. The highest BCUT2D eigenvalue weighted by Crippen LogP contribution is 2.45. The molecule has 0 saturated carbocycles. The van der Waals surface area contributed by atoms with E-state index in [1.54, 1.807) is 0 Å². The third kappa shape index (κ3) is 69.9. The summed E-state index contributed by atoms with van der Waals surface area (Å²) in [4.78, 5) is 72.7. The maximum absolute atomic E-state index is 13.1. The Bertz CT molecular complexity index is 2340. The third-order valence-corrected chi connectivity index (χ3v) is 17.4. The molecule has 0 aromatic heterocycles. The number of carbonyl (C=O) groups is 4. The molecule has 0 aliphatic carbocycles. The lowest BCUT2D eigenvalue weighted by Crippen LogP contribution is -2.30. The maximum Gasteiger partial charge on any atom is 0.472 e. The van der Waals surface area contributed by atoms with Crippen LogP contribution in [0.5, 0.6) is 0 Å². The van der Waals surface area contributed by atoms with Crippen molar-refractivity contribution in [2.24, 2.45) is 0 Å². The van der Waals surface area contributed by atoms with Gasteiger partial charge < -0.3 is 33.8 Å². The Morgan fingerprint density at radius 1 is 0.296 bits per heavy atom. The first-order valence-corrected chi connectivity index (χ1v) is 40.8. The number of rotatable bonds is 70. The molecule has 0 aromatic carbocycles. The summed E-state index contributed by atoms with van der Waals surface area (Å²) in [5.74, 6) is -2.27. The highest BCUT2D eigenvalue weighted by molar-refractivity contribution is 7.47. The first kappa shape index (κ1) is 93.5. The fourth-order valence-electron chi connectivity index (χ4n) is 9.75. The molecule has 0 aliphatic heterocycles. The van der Waals surface area contributed by atoms with Gasteiger partial charge in [-0.3, -0.25) is 37.3 Å². The number of carbonyl (C=O) groups excluding carboxylic acids is 4. The van der Waals surface area contributed by atoms with Crippen LogP contribution in [-0.2, 0) is 65.4 Å². The summed E-state index contributed by atoms with van der Waals surface area (Å²) < 4.78 is 68.3. The van der Waals surface area contributed by atoms with E-state index in [9.17, 15) is 43.2 Å². The summed E-state index contributed by atoms with van der Waals surface area (Å²) >= 11 is 0. The molecule has 19 heteroatoms. The number of phosphoric acid groups is 2. The van der Waals surface area contributed by atoms with Gasteiger partial charge in [0.1, 0.15) is 19.3 Å². The van der Waals surface area contributed by atoms with E-state index in [1.165, 1.54) is 77.0 Å². The van der Waals surface area contributed by atoms with Crippen molar-refractivity contribution >= 4 is 39.5 Å². The van der Waals surface area contributed by atoms with Crippen molar-refractivity contribution in [3.05, 3.63) is 122 Å². The highest BCUT2D eigenvalue weighted by Gasteiger charge is 2.30. The number of allylic oxidation sites excluding steroid dienone is 20. The highest BCUT2D eigenvalue weighted by atomic mass is 31.2. The first-order chi connectivity index (χ1) is 47.7. The van der Waals surface area contributed by atoms with Crippen LogP contribution in [0.2, 0.25) is 0 Å². The van der Waals surface area contributed by atoms with E-state index < -0.39 is 97.5 Å². The minimum Gasteiger partial charge on any atom is -0.462 e. The second kappa shape index (κ2) is 70.9. The van der Waals surface area contributed by atoms with Gasteiger partial charge in [-0.25, -0.2) is 9.13 Å². The van der Waals surface area contributed by atoms with Gasteiger partial charge in [0.2, 0.25) is 0 Å². The van der Waals surface area contributed by atoms with E-state index >= 15 is 0 Å². The van der Waals surface area contributed by atoms with Crippen LogP contribution in [-0.4, -0.2) is 96.7 Å². The Morgan fingerprint density at radius 3 is 0.857 bits per heavy atom. The molecule has 3 N–H and O–H groups in total. The minimum absolute atomic E-state index is 0.0829. The molecule has 562 valence electrons. The lowest BCUT2D eigenvalue weighted by Gasteiger charge is -2.21. The van der Waals surface area contributed by atoms with Crippen LogP contribution < -0.4 is 0 Å². The molecule has 5 unspecified atom stereocenters. The smallest absolute Gasteiger partial charge is 0.462 e. The molecular weight excluding hydrogens is 1280 g/mol. The lowest BCUT2D eigenvalue weighted by molar-refractivity contribution is -0.161. The van der Waals surface area contributed by atoms with E-state index in [0.717, 1.165) is 135 Å². The van der Waals surface area contributed by atoms with E-state index in [-0.39, 0.29) is 25.7 Å². The molecule has 0 aliphatic rings. The molecule has 0 amide bonds. The quantitative estimate of drug-likeness (QED) is 0.0169. The van der Waals surface area contributed by atoms with Crippen molar-refractivity contribution < 1.29 is 80.2 Å². The summed E-state index contributed by atoms with van der Waals surface area (Å²) in [6.45, 7) is 4.53. The molecule has 0 aromatic rings. The van der Waals surface area contributed by atoms with Gasteiger partial charge in [0, 0.05) is 25.7 Å². The normalized spacial score (nSPS) is 14.6. The van der Waals surface area contributed by atoms with Crippen LogP contribution >= 0.6 is 15.6 Å². The van der Waals surface area contributed by atoms with E-state index in [4.69, 9.17) is 37.0 Å². The SMILES string of the molecule is CC/C=C\C/C=C\C/C=C\C/C=C\C/C=C\CCCCCC(=O)OCC(COP(=O)(O)OCC(O)COP(=O)(O)OCC(COC(=O)CCC/C=C\C/C=C\C/C=C\C/C=C\C/C=C\CC)OC(=O)CCCCCCCCCCCCC)OC(=O)CCCCCCCCCCCCC. The van der Waals surface area contributed by atoms with E-state index in [1.807, 2.05) is 12.2 Å². The zero-order valence-corrected chi connectivity index (χ0v) is 63.0. The Morgan fingerprint density at radius 2 is 0.541 bits per heavy atom. The fourth-order valence-corrected chi connectivity index (χ4v) is 11.3. The van der Waals surface area contributed by atoms with Gasteiger partial charge in [-0.2, -0.15) is 0 Å². The largest absolute Gasteiger partial charge is 0.472 e. The molecule has 5 atom stereocenters. The zero-order chi connectivity index (χ0) is 71.8. The van der Waals surface area contributed by atoms with Gasteiger partial charge in [0.05, 0.1) is 26.4 Å². The van der Waals surface area contributed by atoms with Crippen molar-refractivity contribution in [3.8, 4) is 0 Å². The molecular formula is C79H134O17P2. The lowest BCUT2D eigenvalue weighted by atomic mass is 10.1. The zero-order valence-electron chi connectivity index (χ0n) is 61.2. The number of hydrogen-bond donors (Lipinski definition) is 3. The number of aliphatic hydroxyl groups excluding tert-OH is 1. The standard InChI is InChI=1S/C79H134O17P2/c1-5-9-13-17-21-25-29-31-33-35-36-38-40-42-46-48-52-56-60-64-77(82)90-70-75(96-79(84)66-62-58-54-50-44-28-24-20-16-12-8-4)72-94-98(87,88)92-68-73(80)67-91-97(85,86)93-71-74(95-78(83)65-61-57-53-49-43-27-23-19-15-11-7-3)69-89-76(81)63-59-55-51-47-45-41-39-37-34-32-30-26-22-18-14-10-6-2/h9-10,13-14,21-22,25-26,31-34,36,38-39,41-42,46-47,51,73-75,80H,5-8,11-12,15-20,23-24,27-30,35,37,40,43-45,48-50,52-72H2,1-4H3,(H,85,86)(H,87,88)/b13-9-,14-10-,25-21-,26-22-,33-31-,34-32-,38-36-,41-39-,46-42-,51-47-. The average molecular weight is 1420 g/mol. The Labute approximate surface area is 593 Å². The Balaban J connectivity index is 5.35. The van der Waals surface area contributed by atoms with E-state index in [0.29, 0.717) is 32.1 Å². The predicted molar refractivity (Wildman–Crippen MR) is 399 cm³/mol. The monoisotopic (exact) mass is 1420 g/mol. The number of aliphatic hydroxyl groups is 1. The van der Waals surface area contributed by atoms with Crippen molar-refractivity contribution in [3.63, 3.8) is 0 Å². The number of phosphoric ester groups is 2. The summed E-state index contributed by atoms with van der Waals surface area (Å²) in [6, 6.07) is 0. The average Bonchev–Trinajstić information content (AvgIpc) is 1.03. The van der Waals surface area contributed by atoms with Crippen LogP contribution in [0.4, 0.5) is 0 Å². The van der Waals surface area contributed by atoms with Crippen molar-refractivity contribution in [2.75, 3.05) is 39.6 Å². The minimum atomic E-state index is -4.98. The van der Waals surface area contributed by atoms with Gasteiger partial charge >= 0.3 is 39.5 Å². The molecule has 0 fully saturated rings. The number of esters is 4. The summed E-state index contributed by atoms with van der Waals surface area (Å²) in [6.07, 6.45) is 76.4. The molecule has 0 spiro atoms. The Kier molecular flexibility index (Phi) is 67.6. The summed E-state index contributed by atoms with van der Waals surface area (Å²) in [7, 11) is -9.96. The molecule has 98 heavy (non-hydrogen) atoms. The third-order valence-electron chi connectivity index (χ3n) is 15.5. The maximum atomic E-state index is 13.1. The Hall–Kier alpha value is -4.54. The van der Waals surface area contributed by atoms with Crippen LogP contribution in [0.1, 0.15) is 297 Å². The van der Waals surface area contributed by atoms with Crippen LogP contribution in [0, 0.1) is 0 Å². The van der Waals surface area contributed by atoms with Gasteiger partial charge in [-0.15, -0.1) is 0 Å². The van der Waals surface area contributed by atoms with Gasteiger partial charge in [0.15, 0.2) is 12.2 Å². The second-order valence-corrected chi connectivity index (χ2v) is 27.7. The topological polar surface area (TPSA) is 237 Å². The van der Waals surface area contributed by atoms with E-state index in [2.05, 4.69) is 137 Å². The molecule has 0 saturated heterocycles. The van der Waals surface area contributed by atoms with Crippen molar-refractivity contribution in [2.45, 2.75) is 316 Å². The predicted octanol–water partition coefficient (Wildman–Crippen LogP) is 21.6. The number of unbranched alkanes of at least 4 members (excludes halogenated alkanes) is 24. The van der Waals surface area contributed by atoms with Crippen LogP contribution in [0.15, 0.2) is 122 Å².